The van der Waals surface area contributed by atoms with E-state index in [2.05, 4.69) is 5.32 Å². The Morgan fingerprint density at radius 3 is 2.74 bits per heavy atom. The van der Waals surface area contributed by atoms with Crippen LogP contribution in [0.1, 0.15) is 20.3 Å². The van der Waals surface area contributed by atoms with Crippen LogP contribution in [0.25, 0.3) is 0 Å². The lowest BCUT2D eigenvalue weighted by atomic mass is 10.3. The van der Waals surface area contributed by atoms with Crippen molar-refractivity contribution in [1.82, 2.24) is 10.2 Å². The summed E-state index contributed by atoms with van der Waals surface area (Å²) in [6.07, 6.45) is 2.24. The van der Waals surface area contributed by atoms with Crippen molar-refractivity contribution >= 4 is 34.6 Å². The van der Waals surface area contributed by atoms with Gasteiger partial charge in [-0.05, 0) is 13.3 Å². The molecule has 0 radical (unpaired) electrons. The van der Waals surface area contributed by atoms with Crippen molar-refractivity contribution in [3.8, 4) is 0 Å². The molecule has 1 heterocycles. The number of hydrogen-bond acceptors (Lipinski definition) is 4. The molecule has 4 atom stereocenters. The molecule has 2 N–H and O–H groups in total. The van der Waals surface area contributed by atoms with Crippen LogP contribution in [0.3, 0.4) is 0 Å². The van der Waals surface area contributed by atoms with Crippen LogP contribution < -0.4 is 5.32 Å². The Hall–Kier alpha value is -0.760. The summed E-state index contributed by atoms with van der Waals surface area (Å²) in [7, 11) is -0.911. The van der Waals surface area contributed by atoms with E-state index in [9.17, 15) is 13.8 Å². The molecule has 110 valence electrons. The maximum absolute atomic E-state index is 12.0. The van der Waals surface area contributed by atoms with Crippen molar-refractivity contribution < 1.29 is 18.9 Å². The first-order valence-electron chi connectivity index (χ1n) is 6.07. The summed E-state index contributed by atoms with van der Waals surface area (Å²) in [5.74, 6) is -0.561. The van der Waals surface area contributed by atoms with Crippen molar-refractivity contribution in [1.29, 1.82) is 0 Å². The number of carbonyl (C=O) groups is 2. The van der Waals surface area contributed by atoms with Crippen molar-refractivity contribution in [2.24, 2.45) is 0 Å². The molecule has 6 nitrogen and oxygen atoms in total. The van der Waals surface area contributed by atoms with Gasteiger partial charge in [-0.25, -0.2) is 9.59 Å². The van der Waals surface area contributed by atoms with Gasteiger partial charge in [0.1, 0.15) is 6.04 Å². The number of nitrogens with zero attached hydrogens (tertiary/aromatic N) is 1. The molecule has 1 rings (SSSR count). The summed E-state index contributed by atoms with van der Waals surface area (Å²) in [5.41, 5.74) is 0. The van der Waals surface area contributed by atoms with Gasteiger partial charge in [0, 0.05) is 34.6 Å². The maximum atomic E-state index is 12.0. The Morgan fingerprint density at radius 2 is 2.21 bits per heavy atom. The molecule has 1 fully saturated rings. The molecule has 0 aromatic heterocycles. The van der Waals surface area contributed by atoms with Gasteiger partial charge in [0.2, 0.25) is 0 Å². The van der Waals surface area contributed by atoms with Crippen LogP contribution in [0.15, 0.2) is 0 Å². The van der Waals surface area contributed by atoms with E-state index in [0.717, 1.165) is 0 Å². The number of thioether (sulfide) groups is 1. The van der Waals surface area contributed by atoms with Gasteiger partial charge in [-0.3, -0.25) is 9.11 Å². The van der Waals surface area contributed by atoms with Crippen LogP contribution in [0.2, 0.25) is 0 Å². The number of aliphatic carboxylic acids is 1. The van der Waals surface area contributed by atoms with Crippen LogP contribution in [-0.4, -0.2) is 61.4 Å². The highest BCUT2D eigenvalue weighted by molar-refractivity contribution is 8.00. The molecule has 0 aliphatic carbocycles. The largest absolute Gasteiger partial charge is 0.480 e. The Bertz CT molecular complexity index is 378. The van der Waals surface area contributed by atoms with Crippen molar-refractivity contribution in [2.75, 3.05) is 18.6 Å². The molecule has 1 aliphatic heterocycles. The van der Waals surface area contributed by atoms with E-state index in [1.807, 2.05) is 13.8 Å². The number of carboxylic acids is 1. The molecule has 4 unspecified atom stereocenters. The minimum absolute atomic E-state index is 0.0148. The normalized spacial score (nSPS) is 25.9. The van der Waals surface area contributed by atoms with Crippen LogP contribution in [0, 0.1) is 0 Å². The third-order valence-corrected chi connectivity index (χ3v) is 5.72. The number of carboxylic acid groups (broad SMARTS) is 1. The van der Waals surface area contributed by atoms with Gasteiger partial charge in [0.05, 0.1) is 5.37 Å². The molecule has 0 aromatic carbocycles. The maximum Gasteiger partial charge on any atom is 0.327 e. The molecule has 8 heteroatoms. The van der Waals surface area contributed by atoms with Gasteiger partial charge < -0.3 is 10.4 Å². The quantitative estimate of drug-likeness (QED) is 0.781. The average molecular weight is 308 g/mol. The topological polar surface area (TPSA) is 86.7 Å². The van der Waals surface area contributed by atoms with Crippen molar-refractivity contribution in [2.45, 2.75) is 36.9 Å². The molecule has 0 aromatic rings. The third-order valence-electron chi connectivity index (χ3n) is 3.14. The Morgan fingerprint density at radius 1 is 1.58 bits per heavy atom. The van der Waals surface area contributed by atoms with Gasteiger partial charge in [0.15, 0.2) is 0 Å². The zero-order valence-electron chi connectivity index (χ0n) is 11.3. The molecule has 1 aliphatic rings. The van der Waals surface area contributed by atoms with Crippen molar-refractivity contribution in [3.63, 3.8) is 0 Å². The number of carbonyl (C=O) groups excluding carboxylic acids is 1. The summed E-state index contributed by atoms with van der Waals surface area (Å²) in [4.78, 5) is 24.4. The first-order valence-corrected chi connectivity index (χ1v) is 8.74. The van der Waals surface area contributed by atoms with Gasteiger partial charge in [-0.1, -0.05) is 6.92 Å². The van der Waals surface area contributed by atoms with E-state index in [0.29, 0.717) is 18.7 Å². The van der Waals surface area contributed by atoms with Crippen LogP contribution in [0.5, 0.6) is 0 Å². The summed E-state index contributed by atoms with van der Waals surface area (Å²) in [6, 6.07) is -1.13. The Balaban J connectivity index is 2.48. The zero-order chi connectivity index (χ0) is 14.6. The number of urea groups is 1. The standard InChI is InChI=1S/C11H20N2O4S2/c1-7(19(3)17)4-5-12-11(16)13-8(2)18-6-9(13)10(14)15/h7-9H,4-6H2,1-3H3,(H,12,16)(H,14,15). The number of amides is 2. The van der Waals surface area contributed by atoms with E-state index < -0.39 is 22.8 Å². The molecule has 19 heavy (non-hydrogen) atoms. The van der Waals surface area contributed by atoms with E-state index >= 15 is 0 Å². The second-order valence-electron chi connectivity index (χ2n) is 4.52. The Kier molecular flexibility index (Phi) is 6.12. The van der Waals surface area contributed by atoms with E-state index in [1.165, 1.54) is 16.7 Å². The molecule has 0 saturated carbocycles. The first kappa shape index (κ1) is 16.3. The van der Waals surface area contributed by atoms with Crippen LogP contribution >= 0.6 is 11.8 Å². The lowest BCUT2D eigenvalue weighted by Crippen LogP contribution is -2.49. The molecular weight excluding hydrogens is 288 g/mol. The number of rotatable bonds is 5. The molecule has 2 amide bonds. The monoisotopic (exact) mass is 308 g/mol. The highest BCUT2D eigenvalue weighted by atomic mass is 32.2. The van der Waals surface area contributed by atoms with Gasteiger partial charge in [-0.2, -0.15) is 0 Å². The van der Waals surface area contributed by atoms with E-state index in [-0.39, 0.29) is 16.7 Å². The van der Waals surface area contributed by atoms with E-state index in [4.69, 9.17) is 5.11 Å². The smallest absolute Gasteiger partial charge is 0.327 e. The predicted octanol–water partition coefficient (Wildman–Crippen LogP) is 0.701. The fraction of sp³-hybridized carbons (Fsp3) is 0.818. The lowest BCUT2D eigenvalue weighted by Gasteiger charge is -2.25. The van der Waals surface area contributed by atoms with Crippen molar-refractivity contribution in [3.05, 3.63) is 0 Å². The Labute approximate surface area is 119 Å². The highest BCUT2D eigenvalue weighted by Crippen LogP contribution is 2.28. The molecule has 0 bridgehead atoms. The fourth-order valence-electron chi connectivity index (χ4n) is 1.78. The third kappa shape index (κ3) is 4.38. The summed E-state index contributed by atoms with van der Waals surface area (Å²) < 4.78 is 11.2. The second-order valence-corrected chi connectivity index (χ2v) is 7.67. The molecular formula is C11H20N2O4S2. The molecule has 1 saturated heterocycles. The second kappa shape index (κ2) is 7.14. The molecule has 0 spiro atoms. The minimum atomic E-state index is -0.977. The van der Waals surface area contributed by atoms with Gasteiger partial charge in [0.25, 0.3) is 0 Å². The van der Waals surface area contributed by atoms with Gasteiger partial charge >= 0.3 is 12.0 Å². The average Bonchev–Trinajstić information content (AvgIpc) is 2.70. The number of hydrogen-bond donors (Lipinski definition) is 2. The van der Waals surface area contributed by atoms with Gasteiger partial charge in [-0.15, -0.1) is 11.8 Å². The van der Waals surface area contributed by atoms with Crippen LogP contribution in [-0.2, 0) is 15.6 Å². The summed E-state index contributed by atoms with van der Waals surface area (Å²) >= 11 is 1.45. The number of nitrogens with one attached hydrogen (secondary N) is 1. The summed E-state index contributed by atoms with van der Waals surface area (Å²) in [5, 5.41) is 11.6. The predicted molar refractivity (Wildman–Crippen MR) is 76.7 cm³/mol. The van der Waals surface area contributed by atoms with Crippen LogP contribution in [0.4, 0.5) is 4.79 Å². The lowest BCUT2D eigenvalue weighted by molar-refractivity contribution is -0.141. The minimum Gasteiger partial charge on any atom is -0.480 e. The summed E-state index contributed by atoms with van der Waals surface area (Å²) in [6.45, 7) is 4.08. The first-order chi connectivity index (χ1) is 8.84. The zero-order valence-corrected chi connectivity index (χ0v) is 12.9. The SMILES string of the molecule is CC1SCC(C(=O)O)N1C(=O)NCCC(C)S(C)=O. The van der Waals surface area contributed by atoms with E-state index in [1.54, 1.807) is 6.26 Å². The highest BCUT2D eigenvalue weighted by Gasteiger charge is 2.39. The fourth-order valence-corrected chi connectivity index (χ4v) is 3.40.